The fourth-order valence-corrected chi connectivity index (χ4v) is 7.69. The van der Waals surface area contributed by atoms with Crippen molar-refractivity contribution in [2.45, 2.75) is 12.8 Å². The van der Waals surface area contributed by atoms with Crippen LogP contribution in [-0.4, -0.2) is 0 Å². The lowest BCUT2D eigenvalue weighted by Crippen LogP contribution is -2.10. The Hall–Kier alpha value is -5.64. The zero-order valence-electron chi connectivity index (χ0n) is 26.2. The lowest BCUT2D eigenvalue weighted by Gasteiger charge is -2.27. The molecule has 8 rings (SSSR count). The Bertz CT molecular complexity index is 2200. The Morgan fingerprint density at radius 3 is 1.36 bits per heavy atom. The average molecular weight is 623 g/mol. The van der Waals surface area contributed by atoms with Gasteiger partial charge in [0, 0.05) is 54.5 Å². The number of benzene rings is 7. The highest BCUT2D eigenvalue weighted by Gasteiger charge is 2.19. The molecule has 47 heavy (non-hydrogen) atoms. The van der Waals surface area contributed by atoms with Crippen LogP contribution in [0.25, 0.3) is 20.2 Å². The maximum Gasteiger partial charge on any atom is 0.0554 e. The van der Waals surface area contributed by atoms with Gasteiger partial charge in [-0.25, -0.2) is 0 Å². The fraction of sp³-hybridized carbons (Fsp3) is 0.0455. The SMILES string of the molecule is CC(c1ccc(N(c2ccccc2)c2ccccc2)cc1)c1ccc(N(c2ccccc2)c2cccc3sc4ccccc4c23)cc1. The number of para-hydroxylation sites is 3. The van der Waals surface area contributed by atoms with Gasteiger partial charge in [-0.1, -0.05) is 110 Å². The molecule has 1 aromatic heterocycles. The van der Waals surface area contributed by atoms with Gasteiger partial charge in [0.15, 0.2) is 0 Å². The second-order valence-electron chi connectivity index (χ2n) is 11.8. The normalized spacial score (nSPS) is 11.9. The molecule has 0 aliphatic rings. The number of nitrogens with zero attached hydrogens (tertiary/aromatic N) is 2. The van der Waals surface area contributed by atoms with Crippen LogP contribution in [0.2, 0.25) is 0 Å². The van der Waals surface area contributed by atoms with Crippen LogP contribution in [-0.2, 0) is 0 Å². The number of hydrogen-bond acceptors (Lipinski definition) is 3. The van der Waals surface area contributed by atoms with E-state index in [2.05, 4.69) is 199 Å². The summed E-state index contributed by atoms with van der Waals surface area (Å²) < 4.78 is 2.62. The Labute approximate surface area is 280 Å². The van der Waals surface area contributed by atoms with Crippen molar-refractivity contribution in [3.05, 3.63) is 193 Å². The van der Waals surface area contributed by atoms with E-state index >= 15 is 0 Å². The van der Waals surface area contributed by atoms with E-state index in [1.807, 2.05) is 11.3 Å². The van der Waals surface area contributed by atoms with Crippen molar-refractivity contribution in [3.63, 3.8) is 0 Å². The molecule has 0 bridgehead atoms. The van der Waals surface area contributed by atoms with Crippen LogP contribution in [0, 0.1) is 0 Å². The molecule has 0 radical (unpaired) electrons. The predicted molar refractivity (Wildman–Crippen MR) is 203 cm³/mol. The summed E-state index contributed by atoms with van der Waals surface area (Å²) in [6.07, 6.45) is 0. The van der Waals surface area contributed by atoms with Crippen molar-refractivity contribution < 1.29 is 0 Å². The second kappa shape index (κ2) is 12.6. The maximum absolute atomic E-state index is 2.40. The second-order valence-corrected chi connectivity index (χ2v) is 12.9. The first-order valence-corrected chi connectivity index (χ1v) is 16.9. The van der Waals surface area contributed by atoms with E-state index in [1.54, 1.807) is 0 Å². The fourth-order valence-electron chi connectivity index (χ4n) is 6.56. The summed E-state index contributed by atoms with van der Waals surface area (Å²) in [4.78, 5) is 4.70. The molecular weight excluding hydrogens is 589 g/mol. The van der Waals surface area contributed by atoms with Gasteiger partial charge in [0.1, 0.15) is 0 Å². The van der Waals surface area contributed by atoms with Gasteiger partial charge in [-0.15, -0.1) is 11.3 Å². The van der Waals surface area contributed by atoms with Gasteiger partial charge in [0.05, 0.1) is 5.69 Å². The molecular formula is C44H34N2S. The summed E-state index contributed by atoms with van der Waals surface area (Å²) in [5.41, 5.74) is 9.49. The monoisotopic (exact) mass is 622 g/mol. The highest BCUT2D eigenvalue weighted by atomic mass is 32.1. The Balaban J connectivity index is 1.13. The van der Waals surface area contributed by atoms with Gasteiger partial charge in [-0.2, -0.15) is 0 Å². The van der Waals surface area contributed by atoms with E-state index in [1.165, 1.54) is 37.0 Å². The third kappa shape index (κ3) is 5.56. The van der Waals surface area contributed by atoms with Crippen molar-refractivity contribution >= 4 is 65.6 Å². The smallest absolute Gasteiger partial charge is 0.0554 e. The predicted octanol–water partition coefficient (Wildman–Crippen LogP) is 13.1. The number of hydrogen-bond donors (Lipinski definition) is 0. The molecule has 0 saturated carbocycles. The first kappa shape index (κ1) is 28.8. The minimum Gasteiger partial charge on any atom is -0.311 e. The van der Waals surface area contributed by atoms with Gasteiger partial charge in [-0.3, -0.25) is 0 Å². The lowest BCUT2D eigenvalue weighted by atomic mass is 9.92. The van der Waals surface area contributed by atoms with Gasteiger partial charge >= 0.3 is 0 Å². The summed E-state index contributed by atoms with van der Waals surface area (Å²) in [6.45, 7) is 2.30. The Kier molecular flexibility index (Phi) is 7.74. The lowest BCUT2D eigenvalue weighted by molar-refractivity contribution is 0.922. The average Bonchev–Trinajstić information content (AvgIpc) is 3.53. The molecule has 1 atom stereocenters. The molecule has 0 aliphatic heterocycles. The topological polar surface area (TPSA) is 6.48 Å². The summed E-state index contributed by atoms with van der Waals surface area (Å²) >= 11 is 1.86. The molecule has 0 saturated heterocycles. The molecule has 2 nitrogen and oxygen atoms in total. The summed E-state index contributed by atoms with van der Waals surface area (Å²) in [7, 11) is 0. The number of thiophene rings is 1. The molecule has 0 N–H and O–H groups in total. The summed E-state index contributed by atoms with van der Waals surface area (Å²) in [5, 5.41) is 2.60. The van der Waals surface area contributed by atoms with E-state index < -0.39 is 0 Å². The summed E-state index contributed by atoms with van der Waals surface area (Å²) in [5.74, 6) is 0.245. The summed E-state index contributed by atoms with van der Waals surface area (Å²) in [6, 6.07) is 65.4. The number of rotatable bonds is 8. The minimum absolute atomic E-state index is 0.245. The highest BCUT2D eigenvalue weighted by Crippen LogP contribution is 2.45. The standard InChI is InChI=1S/C44H34N2S/c1-32(33-24-28-38(29-25-33)45(35-14-5-2-6-15-35)36-16-7-3-8-17-36)34-26-30-39(31-27-34)46(37-18-9-4-10-19-37)41-21-13-23-43-44(41)40-20-11-12-22-42(40)47-43/h2-32H,1H3. The zero-order valence-corrected chi connectivity index (χ0v) is 27.0. The number of anilines is 6. The largest absolute Gasteiger partial charge is 0.311 e. The first-order valence-electron chi connectivity index (χ1n) is 16.1. The van der Waals surface area contributed by atoms with Gasteiger partial charge in [-0.05, 0) is 90.0 Å². The molecule has 226 valence electrons. The first-order chi connectivity index (χ1) is 23.2. The molecule has 3 heteroatoms. The van der Waals surface area contributed by atoms with Crippen LogP contribution in [0.5, 0.6) is 0 Å². The molecule has 1 heterocycles. The van der Waals surface area contributed by atoms with Crippen molar-refractivity contribution in [2.24, 2.45) is 0 Å². The highest BCUT2D eigenvalue weighted by molar-refractivity contribution is 7.26. The van der Waals surface area contributed by atoms with Gasteiger partial charge < -0.3 is 9.80 Å². The van der Waals surface area contributed by atoms with Crippen LogP contribution in [0.1, 0.15) is 24.0 Å². The molecule has 0 aliphatic carbocycles. The van der Waals surface area contributed by atoms with Crippen LogP contribution < -0.4 is 9.80 Å². The van der Waals surface area contributed by atoms with Crippen LogP contribution >= 0.6 is 11.3 Å². The van der Waals surface area contributed by atoms with Crippen LogP contribution in [0.3, 0.4) is 0 Å². The van der Waals surface area contributed by atoms with E-state index in [4.69, 9.17) is 0 Å². The molecule has 0 amide bonds. The molecule has 7 aromatic carbocycles. The minimum atomic E-state index is 0.245. The van der Waals surface area contributed by atoms with Gasteiger partial charge in [0.25, 0.3) is 0 Å². The Morgan fingerprint density at radius 1 is 0.383 bits per heavy atom. The van der Waals surface area contributed by atoms with Gasteiger partial charge in [0.2, 0.25) is 0 Å². The third-order valence-corrected chi connectivity index (χ3v) is 10.1. The van der Waals surface area contributed by atoms with Crippen molar-refractivity contribution in [3.8, 4) is 0 Å². The van der Waals surface area contributed by atoms with Crippen LogP contribution in [0.15, 0.2) is 182 Å². The Morgan fingerprint density at radius 2 is 0.809 bits per heavy atom. The molecule has 1 unspecified atom stereocenters. The van der Waals surface area contributed by atoms with Crippen LogP contribution in [0.4, 0.5) is 34.1 Å². The molecule has 0 fully saturated rings. The maximum atomic E-state index is 2.40. The van der Waals surface area contributed by atoms with E-state index in [9.17, 15) is 0 Å². The van der Waals surface area contributed by atoms with Crippen molar-refractivity contribution in [1.29, 1.82) is 0 Å². The quantitative estimate of drug-likeness (QED) is 0.166. The van der Waals surface area contributed by atoms with E-state index in [-0.39, 0.29) is 5.92 Å². The van der Waals surface area contributed by atoms with Crippen molar-refractivity contribution in [2.75, 3.05) is 9.80 Å². The third-order valence-electron chi connectivity index (χ3n) is 8.97. The van der Waals surface area contributed by atoms with E-state index in [0.717, 1.165) is 28.4 Å². The molecule has 8 aromatic rings. The van der Waals surface area contributed by atoms with Crippen molar-refractivity contribution in [1.82, 2.24) is 0 Å². The molecule has 0 spiro atoms. The zero-order chi connectivity index (χ0) is 31.6. The number of fused-ring (bicyclic) bond motifs is 3. The van der Waals surface area contributed by atoms with E-state index in [0.29, 0.717) is 0 Å².